The lowest BCUT2D eigenvalue weighted by Gasteiger charge is -2.18. The Kier molecular flexibility index (Phi) is 9.01. The third-order valence-corrected chi connectivity index (χ3v) is 2.80. The fourth-order valence-electron chi connectivity index (χ4n) is 1.92. The zero-order valence-corrected chi connectivity index (χ0v) is 13.2. The van der Waals surface area contributed by atoms with Crippen molar-refractivity contribution in [2.24, 2.45) is 11.7 Å². The van der Waals surface area contributed by atoms with E-state index < -0.39 is 0 Å². The first-order valence-corrected chi connectivity index (χ1v) is 6.80. The standard InChI is InChI=1S/C15H24N2O2.ClH/c1-4-19-14-7-5-12(6-8-14)15(18)17-13(10-16)9-11(2)3;/h5-8,11,13H,4,9-10,16H2,1-3H3,(H,17,18);1H. The molecule has 0 aliphatic heterocycles. The maximum Gasteiger partial charge on any atom is 0.251 e. The number of carbonyl (C=O) groups is 1. The average molecular weight is 301 g/mol. The van der Waals surface area contributed by atoms with Gasteiger partial charge in [-0.25, -0.2) is 0 Å². The van der Waals surface area contributed by atoms with E-state index in [9.17, 15) is 4.79 Å². The molecule has 0 spiro atoms. The molecule has 3 N–H and O–H groups in total. The Morgan fingerprint density at radius 2 is 1.90 bits per heavy atom. The number of halogens is 1. The molecule has 0 fully saturated rings. The molecule has 20 heavy (non-hydrogen) atoms. The second kappa shape index (κ2) is 9.61. The van der Waals surface area contributed by atoms with E-state index in [-0.39, 0.29) is 24.4 Å². The van der Waals surface area contributed by atoms with Crippen LogP contribution in [0, 0.1) is 5.92 Å². The summed E-state index contributed by atoms with van der Waals surface area (Å²) in [4.78, 5) is 12.1. The van der Waals surface area contributed by atoms with Gasteiger partial charge in [-0.05, 0) is 43.5 Å². The van der Waals surface area contributed by atoms with E-state index in [0.29, 0.717) is 24.6 Å². The predicted molar refractivity (Wildman–Crippen MR) is 84.6 cm³/mol. The summed E-state index contributed by atoms with van der Waals surface area (Å²) < 4.78 is 5.34. The average Bonchev–Trinajstić information content (AvgIpc) is 2.38. The van der Waals surface area contributed by atoms with Crippen molar-refractivity contribution in [1.82, 2.24) is 5.32 Å². The van der Waals surface area contributed by atoms with Crippen LogP contribution in [-0.4, -0.2) is 25.1 Å². The molecule has 1 aromatic rings. The third-order valence-electron chi connectivity index (χ3n) is 2.80. The van der Waals surface area contributed by atoms with Crippen LogP contribution in [0.4, 0.5) is 0 Å². The molecular weight excluding hydrogens is 276 g/mol. The molecule has 0 saturated carbocycles. The first-order valence-electron chi connectivity index (χ1n) is 6.80. The first kappa shape index (κ1) is 18.7. The van der Waals surface area contributed by atoms with Crippen molar-refractivity contribution in [3.63, 3.8) is 0 Å². The van der Waals surface area contributed by atoms with Gasteiger partial charge in [0.25, 0.3) is 5.91 Å². The van der Waals surface area contributed by atoms with Crippen molar-refractivity contribution >= 4 is 18.3 Å². The molecule has 0 bridgehead atoms. The van der Waals surface area contributed by atoms with Gasteiger partial charge in [-0.15, -0.1) is 12.4 Å². The van der Waals surface area contributed by atoms with Gasteiger partial charge < -0.3 is 15.8 Å². The minimum atomic E-state index is -0.0841. The molecule has 4 nitrogen and oxygen atoms in total. The second-order valence-electron chi connectivity index (χ2n) is 4.99. The van der Waals surface area contributed by atoms with Crippen LogP contribution >= 0.6 is 12.4 Å². The van der Waals surface area contributed by atoms with Gasteiger partial charge in [-0.1, -0.05) is 13.8 Å². The van der Waals surface area contributed by atoms with Crippen LogP contribution in [-0.2, 0) is 0 Å². The quantitative estimate of drug-likeness (QED) is 0.813. The molecular formula is C15H25ClN2O2. The Hall–Kier alpha value is -1.26. The highest BCUT2D eigenvalue weighted by Crippen LogP contribution is 2.12. The van der Waals surface area contributed by atoms with Gasteiger partial charge in [0.15, 0.2) is 0 Å². The highest BCUT2D eigenvalue weighted by molar-refractivity contribution is 5.94. The number of hydrogen-bond acceptors (Lipinski definition) is 3. The molecule has 114 valence electrons. The molecule has 0 heterocycles. The Morgan fingerprint density at radius 3 is 2.35 bits per heavy atom. The lowest BCUT2D eigenvalue weighted by molar-refractivity contribution is 0.0933. The molecule has 1 aromatic carbocycles. The van der Waals surface area contributed by atoms with Gasteiger partial charge in [-0.3, -0.25) is 4.79 Å². The van der Waals surface area contributed by atoms with E-state index in [2.05, 4.69) is 19.2 Å². The Bertz CT molecular complexity index is 393. The van der Waals surface area contributed by atoms with Crippen molar-refractivity contribution in [1.29, 1.82) is 0 Å². The number of ether oxygens (including phenoxy) is 1. The molecule has 0 aliphatic rings. The maximum atomic E-state index is 12.1. The molecule has 1 atom stereocenters. The highest BCUT2D eigenvalue weighted by Gasteiger charge is 2.13. The fourth-order valence-corrected chi connectivity index (χ4v) is 1.92. The van der Waals surface area contributed by atoms with E-state index in [0.717, 1.165) is 12.2 Å². The summed E-state index contributed by atoms with van der Waals surface area (Å²) in [6.45, 7) is 7.24. The van der Waals surface area contributed by atoms with Gasteiger partial charge >= 0.3 is 0 Å². The summed E-state index contributed by atoms with van der Waals surface area (Å²) in [6.07, 6.45) is 0.888. The summed E-state index contributed by atoms with van der Waals surface area (Å²) >= 11 is 0. The summed E-state index contributed by atoms with van der Waals surface area (Å²) in [5, 5.41) is 2.96. The Labute approximate surface area is 127 Å². The van der Waals surface area contributed by atoms with Crippen LogP contribution in [0.2, 0.25) is 0 Å². The molecule has 1 unspecified atom stereocenters. The summed E-state index contributed by atoms with van der Waals surface area (Å²) in [7, 11) is 0. The zero-order chi connectivity index (χ0) is 14.3. The molecule has 0 saturated heterocycles. The maximum absolute atomic E-state index is 12.1. The Balaban J connectivity index is 0.00000361. The zero-order valence-electron chi connectivity index (χ0n) is 12.4. The van der Waals surface area contributed by atoms with Crippen LogP contribution in [0.3, 0.4) is 0 Å². The molecule has 0 aromatic heterocycles. The Morgan fingerprint density at radius 1 is 1.30 bits per heavy atom. The minimum absolute atomic E-state index is 0. The van der Waals surface area contributed by atoms with Gasteiger partial charge in [-0.2, -0.15) is 0 Å². The molecule has 1 rings (SSSR count). The van der Waals surface area contributed by atoms with E-state index in [1.807, 2.05) is 6.92 Å². The van der Waals surface area contributed by atoms with Crippen molar-refractivity contribution < 1.29 is 9.53 Å². The van der Waals surface area contributed by atoms with Crippen LogP contribution in [0.25, 0.3) is 0 Å². The van der Waals surface area contributed by atoms with Crippen molar-refractivity contribution in [2.75, 3.05) is 13.2 Å². The largest absolute Gasteiger partial charge is 0.494 e. The highest BCUT2D eigenvalue weighted by atomic mass is 35.5. The van der Waals surface area contributed by atoms with E-state index in [4.69, 9.17) is 10.5 Å². The smallest absolute Gasteiger partial charge is 0.251 e. The lowest BCUT2D eigenvalue weighted by Crippen LogP contribution is -2.41. The van der Waals surface area contributed by atoms with E-state index in [1.165, 1.54) is 0 Å². The number of hydrogen-bond donors (Lipinski definition) is 2. The van der Waals surface area contributed by atoms with Crippen LogP contribution in [0.5, 0.6) is 5.75 Å². The number of carbonyl (C=O) groups excluding carboxylic acids is 1. The monoisotopic (exact) mass is 300 g/mol. The minimum Gasteiger partial charge on any atom is -0.494 e. The van der Waals surface area contributed by atoms with E-state index >= 15 is 0 Å². The second-order valence-corrected chi connectivity index (χ2v) is 4.99. The predicted octanol–water partition coefficient (Wildman–Crippen LogP) is 2.61. The van der Waals surface area contributed by atoms with Crippen molar-refractivity contribution in [3.05, 3.63) is 29.8 Å². The van der Waals surface area contributed by atoms with E-state index in [1.54, 1.807) is 24.3 Å². The van der Waals surface area contributed by atoms with Gasteiger partial charge in [0, 0.05) is 18.2 Å². The third kappa shape index (κ3) is 6.26. The van der Waals surface area contributed by atoms with Crippen LogP contribution in [0.1, 0.15) is 37.6 Å². The number of benzene rings is 1. The van der Waals surface area contributed by atoms with Gasteiger partial charge in [0.05, 0.1) is 6.61 Å². The van der Waals surface area contributed by atoms with Gasteiger partial charge in [0.2, 0.25) is 0 Å². The summed E-state index contributed by atoms with van der Waals surface area (Å²) in [6, 6.07) is 7.17. The number of amides is 1. The van der Waals surface area contributed by atoms with Gasteiger partial charge in [0.1, 0.15) is 5.75 Å². The van der Waals surface area contributed by atoms with Crippen LogP contribution in [0.15, 0.2) is 24.3 Å². The molecule has 5 heteroatoms. The first-order chi connectivity index (χ1) is 9.06. The summed E-state index contributed by atoms with van der Waals surface area (Å²) in [5.41, 5.74) is 6.31. The van der Waals surface area contributed by atoms with Crippen molar-refractivity contribution in [3.8, 4) is 5.75 Å². The lowest BCUT2D eigenvalue weighted by atomic mass is 10.0. The topological polar surface area (TPSA) is 64.3 Å². The van der Waals surface area contributed by atoms with Crippen LogP contribution < -0.4 is 15.8 Å². The number of rotatable bonds is 7. The fraction of sp³-hybridized carbons (Fsp3) is 0.533. The number of nitrogens with two attached hydrogens (primary N) is 1. The number of nitrogens with one attached hydrogen (secondary N) is 1. The normalized spacial score (nSPS) is 11.7. The molecule has 1 amide bonds. The van der Waals surface area contributed by atoms with Crippen molar-refractivity contribution in [2.45, 2.75) is 33.2 Å². The molecule has 0 aliphatic carbocycles. The molecule has 0 radical (unpaired) electrons. The SMILES string of the molecule is CCOc1ccc(C(=O)NC(CN)CC(C)C)cc1.Cl. The summed E-state index contributed by atoms with van der Waals surface area (Å²) in [5.74, 6) is 1.20.